The van der Waals surface area contributed by atoms with E-state index in [0.717, 1.165) is 19.4 Å². The molecule has 1 atom stereocenters. The van der Waals surface area contributed by atoms with Crippen molar-refractivity contribution in [1.82, 2.24) is 0 Å². The zero-order chi connectivity index (χ0) is 6.53. The third-order valence-electron chi connectivity index (χ3n) is 1.50. The summed E-state index contributed by atoms with van der Waals surface area (Å²) in [6.07, 6.45) is 8.06. The molecule has 1 heterocycles. The Morgan fingerprint density at radius 3 is 3.11 bits per heavy atom. The van der Waals surface area contributed by atoms with Gasteiger partial charge in [-0.1, -0.05) is 6.08 Å². The highest BCUT2D eigenvalue weighted by molar-refractivity contribution is 5.60. The number of nitrogens with zero attached hydrogens (tertiary/aromatic N) is 1. The van der Waals surface area contributed by atoms with Gasteiger partial charge < -0.3 is 5.73 Å². The average molecular weight is 124 g/mol. The molecule has 50 valence electrons. The van der Waals surface area contributed by atoms with Crippen molar-refractivity contribution < 1.29 is 0 Å². The van der Waals surface area contributed by atoms with Crippen molar-refractivity contribution in [2.24, 2.45) is 16.6 Å². The second-order valence-corrected chi connectivity index (χ2v) is 2.25. The zero-order valence-electron chi connectivity index (χ0n) is 5.46. The summed E-state index contributed by atoms with van der Waals surface area (Å²) in [6, 6.07) is 0. The van der Waals surface area contributed by atoms with Crippen LogP contribution in [-0.4, -0.2) is 12.8 Å². The molecule has 0 aliphatic carbocycles. The Morgan fingerprint density at radius 1 is 1.67 bits per heavy atom. The predicted octanol–water partition coefficient (Wildman–Crippen LogP) is 0.940. The fraction of sp³-hybridized carbons (Fsp3) is 0.571. The molecule has 0 fully saturated rings. The van der Waals surface area contributed by atoms with Gasteiger partial charge in [0.15, 0.2) is 0 Å². The van der Waals surface area contributed by atoms with Crippen LogP contribution in [0.3, 0.4) is 0 Å². The summed E-state index contributed by atoms with van der Waals surface area (Å²) in [5.74, 6) is 0.646. The highest BCUT2D eigenvalue weighted by atomic mass is 14.7. The molecular weight excluding hydrogens is 112 g/mol. The lowest BCUT2D eigenvalue weighted by Gasteiger charge is -2.08. The van der Waals surface area contributed by atoms with Crippen molar-refractivity contribution in [1.29, 1.82) is 0 Å². The molecule has 2 N–H and O–H groups in total. The average Bonchev–Trinajstić information content (AvgIpc) is 1.91. The highest BCUT2D eigenvalue weighted by Gasteiger charge is 2.02. The summed E-state index contributed by atoms with van der Waals surface area (Å²) in [5, 5.41) is 0. The van der Waals surface area contributed by atoms with Crippen LogP contribution in [0.2, 0.25) is 0 Å². The minimum Gasteiger partial charge on any atom is -0.330 e. The Kier molecular flexibility index (Phi) is 2.46. The van der Waals surface area contributed by atoms with Gasteiger partial charge in [0.25, 0.3) is 0 Å². The van der Waals surface area contributed by atoms with Gasteiger partial charge in [0.2, 0.25) is 0 Å². The van der Waals surface area contributed by atoms with Crippen molar-refractivity contribution in [3.63, 3.8) is 0 Å². The zero-order valence-corrected chi connectivity index (χ0v) is 5.46. The van der Waals surface area contributed by atoms with Gasteiger partial charge in [-0.05, 0) is 25.3 Å². The second-order valence-electron chi connectivity index (χ2n) is 2.25. The Hall–Kier alpha value is -0.630. The largest absolute Gasteiger partial charge is 0.330 e. The minimum atomic E-state index is 0.646. The first-order chi connectivity index (χ1) is 4.43. The molecule has 0 spiro atoms. The number of hydrogen-bond acceptors (Lipinski definition) is 2. The molecule has 0 amide bonds. The van der Waals surface area contributed by atoms with Gasteiger partial charge in [-0.15, -0.1) is 0 Å². The summed E-state index contributed by atoms with van der Waals surface area (Å²) in [7, 11) is 0. The van der Waals surface area contributed by atoms with E-state index in [9.17, 15) is 0 Å². The molecule has 0 radical (unpaired) electrons. The van der Waals surface area contributed by atoms with Crippen LogP contribution < -0.4 is 5.73 Å². The van der Waals surface area contributed by atoms with Crippen LogP contribution >= 0.6 is 0 Å². The first-order valence-electron chi connectivity index (χ1n) is 3.32. The Labute approximate surface area is 55.5 Å². The molecule has 9 heavy (non-hydrogen) atoms. The summed E-state index contributed by atoms with van der Waals surface area (Å²) < 4.78 is 0. The molecule has 0 aromatic rings. The van der Waals surface area contributed by atoms with Crippen molar-refractivity contribution in [3.8, 4) is 0 Å². The predicted molar refractivity (Wildman–Crippen MR) is 39.4 cm³/mol. The van der Waals surface area contributed by atoms with E-state index >= 15 is 0 Å². The van der Waals surface area contributed by atoms with E-state index in [2.05, 4.69) is 11.1 Å². The monoisotopic (exact) mass is 124 g/mol. The first-order valence-corrected chi connectivity index (χ1v) is 3.32. The van der Waals surface area contributed by atoms with E-state index in [-0.39, 0.29) is 0 Å². The van der Waals surface area contributed by atoms with Crippen molar-refractivity contribution in [2.45, 2.75) is 12.8 Å². The topological polar surface area (TPSA) is 38.4 Å². The van der Waals surface area contributed by atoms with E-state index in [0.29, 0.717) is 5.92 Å². The van der Waals surface area contributed by atoms with Crippen LogP contribution in [0.15, 0.2) is 17.3 Å². The lowest BCUT2D eigenvalue weighted by atomic mass is 10.0. The third-order valence-corrected chi connectivity index (χ3v) is 1.50. The van der Waals surface area contributed by atoms with Crippen LogP contribution in [-0.2, 0) is 0 Å². The molecule has 1 rings (SSSR count). The molecule has 0 saturated carbocycles. The molecule has 1 unspecified atom stereocenters. The van der Waals surface area contributed by atoms with Crippen LogP contribution in [0, 0.1) is 5.92 Å². The highest BCUT2D eigenvalue weighted by Crippen LogP contribution is 2.10. The van der Waals surface area contributed by atoms with Gasteiger partial charge >= 0.3 is 0 Å². The van der Waals surface area contributed by atoms with E-state index in [1.54, 1.807) is 0 Å². The second kappa shape index (κ2) is 3.41. The quantitative estimate of drug-likeness (QED) is 0.584. The SMILES string of the molecule is NCCC1C=CN=CC1. The van der Waals surface area contributed by atoms with Gasteiger partial charge in [0.1, 0.15) is 0 Å². The lowest BCUT2D eigenvalue weighted by Crippen LogP contribution is -2.08. The van der Waals surface area contributed by atoms with Gasteiger partial charge in [0, 0.05) is 12.4 Å². The van der Waals surface area contributed by atoms with Gasteiger partial charge in [-0.25, -0.2) is 0 Å². The molecule has 0 aromatic heterocycles. The van der Waals surface area contributed by atoms with Gasteiger partial charge in [-0.3, -0.25) is 4.99 Å². The summed E-state index contributed by atoms with van der Waals surface area (Å²) in [5.41, 5.74) is 5.38. The Balaban J connectivity index is 2.28. The number of allylic oxidation sites excluding steroid dienone is 1. The van der Waals surface area contributed by atoms with Crippen LogP contribution in [0.1, 0.15) is 12.8 Å². The summed E-state index contributed by atoms with van der Waals surface area (Å²) in [4.78, 5) is 3.96. The molecule has 1 aliphatic heterocycles. The lowest BCUT2D eigenvalue weighted by molar-refractivity contribution is 0.621. The van der Waals surface area contributed by atoms with E-state index in [1.165, 1.54) is 0 Å². The van der Waals surface area contributed by atoms with Gasteiger partial charge in [0.05, 0.1) is 0 Å². The van der Waals surface area contributed by atoms with Crippen molar-refractivity contribution in [2.75, 3.05) is 6.54 Å². The molecular formula is C7H12N2. The minimum absolute atomic E-state index is 0.646. The summed E-state index contributed by atoms with van der Waals surface area (Å²) in [6.45, 7) is 0.781. The number of hydrogen-bond donors (Lipinski definition) is 1. The normalized spacial score (nSPS) is 24.8. The van der Waals surface area contributed by atoms with Crippen LogP contribution in [0.25, 0.3) is 0 Å². The maximum Gasteiger partial charge on any atom is 0.0226 e. The van der Waals surface area contributed by atoms with E-state index in [4.69, 9.17) is 5.73 Å². The third kappa shape index (κ3) is 1.98. The maximum atomic E-state index is 5.38. The molecule has 0 saturated heterocycles. The number of nitrogens with two attached hydrogens (primary N) is 1. The fourth-order valence-electron chi connectivity index (χ4n) is 0.935. The molecule has 2 nitrogen and oxygen atoms in total. The molecule has 0 aromatic carbocycles. The fourth-order valence-corrected chi connectivity index (χ4v) is 0.935. The van der Waals surface area contributed by atoms with Crippen molar-refractivity contribution >= 4 is 6.21 Å². The van der Waals surface area contributed by atoms with E-state index in [1.807, 2.05) is 12.4 Å². The van der Waals surface area contributed by atoms with Crippen LogP contribution in [0.4, 0.5) is 0 Å². The number of rotatable bonds is 2. The molecule has 1 aliphatic rings. The van der Waals surface area contributed by atoms with Crippen molar-refractivity contribution in [3.05, 3.63) is 12.3 Å². The molecule has 0 bridgehead atoms. The summed E-state index contributed by atoms with van der Waals surface area (Å²) >= 11 is 0. The smallest absolute Gasteiger partial charge is 0.0226 e. The molecule has 2 heteroatoms. The van der Waals surface area contributed by atoms with Gasteiger partial charge in [-0.2, -0.15) is 0 Å². The standard InChI is InChI=1S/C7H12N2/c8-4-1-7-2-5-9-6-3-7/h2,5-7H,1,3-4,8H2. The van der Waals surface area contributed by atoms with Crippen LogP contribution in [0.5, 0.6) is 0 Å². The Morgan fingerprint density at radius 2 is 2.56 bits per heavy atom. The maximum absolute atomic E-state index is 5.38. The van der Waals surface area contributed by atoms with E-state index < -0.39 is 0 Å². The first kappa shape index (κ1) is 6.49. The Bertz CT molecular complexity index is 127. The number of aliphatic imine (C=N–C) groups is 1.